The number of hydrogen-bond donors (Lipinski definition) is 1. The lowest BCUT2D eigenvalue weighted by Crippen LogP contribution is -2.46. The van der Waals surface area contributed by atoms with E-state index >= 15 is 0 Å². The quantitative estimate of drug-likeness (QED) is 0.709. The number of alkyl halides is 3. The maximum absolute atomic E-state index is 12.7. The summed E-state index contributed by atoms with van der Waals surface area (Å²) in [5.74, 6) is 1.19. The van der Waals surface area contributed by atoms with E-state index in [0.29, 0.717) is 24.9 Å². The van der Waals surface area contributed by atoms with E-state index in [2.05, 4.69) is 20.3 Å². The summed E-state index contributed by atoms with van der Waals surface area (Å²) in [6, 6.07) is 8.49. The normalized spacial score (nSPS) is 17.5. The predicted molar refractivity (Wildman–Crippen MR) is 103 cm³/mol. The van der Waals surface area contributed by atoms with Crippen LogP contribution in [0.3, 0.4) is 0 Å². The van der Waals surface area contributed by atoms with Gasteiger partial charge in [-0.05, 0) is 43.2 Å². The zero-order valence-electron chi connectivity index (χ0n) is 15.7. The summed E-state index contributed by atoms with van der Waals surface area (Å²) in [6.07, 6.45) is 3.81. The maximum atomic E-state index is 12.7. The molecule has 0 bridgehead atoms. The average Bonchev–Trinajstić information content (AvgIpc) is 3.21. The van der Waals surface area contributed by atoms with Gasteiger partial charge in [-0.2, -0.15) is 13.2 Å². The predicted octanol–water partition coefficient (Wildman–Crippen LogP) is 3.44. The molecule has 4 rings (SSSR count). The van der Waals surface area contributed by atoms with Gasteiger partial charge in [0.1, 0.15) is 5.82 Å². The van der Waals surface area contributed by atoms with Crippen molar-refractivity contribution >= 4 is 5.82 Å². The van der Waals surface area contributed by atoms with Crippen LogP contribution in [0.5, 0.6) is 0 Å². The first-order valence-corrected chi connectivity index (χ1v) is 9.46. The molecule has 4 heterocycles. The number of halogens is 3. The molecule has 0 amide bonds. The minimum absolute atomic E-state index is 0.216. The van der Waals surface area contributed by atoms with E-state index in [1.807, 2.05) is 27.8 Å². The molecule has 1 fully saturated rings. The van der Waals surface area contributed by atoms with Crippen molar-refractivity contribution in [3.8, 4) is 5.95 Å². The second kappa shape index (κ2) is 8.20. The molecule has 152 valence electrons. The topological polar surface area (TPSA) is 58.9 Å². The Morgan fingerprint density at radius 3 is 2.62 bits per heavy atom. The van der Waals surface area contributed by atoms with Crippen molar-refractivity contribution in [1.82, 2.24) is 24.8 Å². The van der Waals surface area contributed by atoms with E-state index in [4.69, 9.17) is 0 Å². The molecular weight excluding hydrogens is 381 g/mol. The molecular formula is C20H21F3N6. The molecule has 0 aromatic carbocycles. The summed E-state index contributed by atoms with van der Waals surface area (Å²) in [4.78, 5) is 14.6. The van der Waals surface area contributed by atoms with Crippen molar-refractivity contribution in [2.75, 3.05) is 18.0 Å². The van der Waals surface area contributed by atoms with Gasteiger partial charge in [-0.25, -0.2) is 15.0 Å². The molecule has 29 heavy (non-hydrogen) atoms. The molecule has 1 unspecified atom stereocenters. The Morgan fingerprint density at radius 2 is 1.90 bits per heavy atom. The Bertz CT molecular complexity index is 923. The van der Waals surface area contributed by atoms with Crippen LogP contribution in [-0.2, 0) is 12.7 Å². The lowest BCUT2D eigenvalue weighted by atomic mass is 10.1. The SMILES string of the molecule is FC(F)(F)c1ccc(N2CCCC(NCc3cccn3-c3ncccn3)C2)nc1. The Morgan fingerprint density at radius 1 is 1.07 bits per heavy atom. The largest absolute Gasteiger partial charge is 0.417 e. The number of nitrogens with one attached hydrogen (secondary N) is 1. The van der Waals surface area contributed by atoms with Crippen LogP contribution in [0.1, 0.15) is 24.1 Å². The number of pyridine rings is 1. The summed E-state index contributed by atoms with van der Waals surface area (Å²) in [5, 5.41) is 3.54. The number of rotatable bonds is 5. The molecule has 1 N–H and O–H groups in total. The van der Waals surface area contributed by atoms with Gasteiger partial charge < -0.3 is 10.2 Å². The van der Waals surface area contributed by atoms with Crippen molar-refractivity contribution in [1.29, 1.82) is 0 Å². The Labute approximate surface area is 166 Å². The summed E-state index contributed by atoms with van der Waals surface area (Å²) < 4.78 is 40.2. The third kappa shape index (κ3) is 4.56. The van der Waals surface area contributed by atoms with Crippen LogP contribution in [-0.4, -0.2) is 38.7 Å². The molecule has 3 aromatic rings. The highest BCUT2D eigenvalue weighted by Gasteiger charge is 2.31. The van der Waals surface area contributed by atoms with Crippen molar-refractivity contribution < 1.29 is 13.2 Å². The summed E-state index contributed by atoms with van der Waals surface area (Å²) in [6.45, 7) is 2.12. The molecule has 6 nitrogen and oxygen atoms in total. The zero-order valence-corrected chi connectivity index (χ0v) is 15.7. The van der Waals surface area contributed by atoms with E-state index in [-0.39, 0.29) is 6.04 Å². The van der Waals surface area contributed by atoms with Gasteiger partial charge in [0.15, 0.2) is 0 Å². The van der Waals surface area contributed by atoms with Crippen LogP contribution in [0.4, 0.5) is 19.0 Å². The molecule has 1 aliphatic rings. The third-order valence-corrected chi connectivity index (χ3v) is 4.99. The molecule has 1 aliphatic heterocycles. The van der Waals surface area contributed by atoms with E-state index in [1.54, 1.807) is 18.5 Å². The van der Waals surface area contributed by atoms with Crippen LogP contribution in [0.25, 0.3) is 5.95 Å². The molecule has 3 aromatic heterocycles. The highest BCUT2D eigenvalue weighted by Crippen LogP contribution is 2.29. The summed E-state index contributed by atoms with van der Waals surface area (Å²) in [5.41, 5.74) is 0.317. The van der Waals surface area contributed by atoms with Crippen LogP contribution in [0.2, 0.25) is 0 Å². The number of aromatic nitrogens is 4. The molecule has 0 saturated carbocycles. The molecule has 0 spiro atoms. The average molecular weight is 402 g/mol. The van der Waals surface area contributed by atoms with Crippen LogP contribution in [0, 0.1) is 0 Å². The zero-order chi connectivity index (χ0) is 20.3. The van der Waals surface area contributed by atoms with E-state index in [9.17, 15) is 13.2 Å². The van der Waals surface area contributed by atoms with Gasteiger partial charge in [-0.15, -0.1) is 0 Å². The van der Waals surface area contributed by atoms with Gasteiger partial charge in [-0.1, -0.05) is 0 Å². The van der Waals surface area contributed by atoms with E-state index in [1.165, 1.54) is 6.07 Å². The summed E-state index contributed by atoms with van der Waals surface area (Å²) in [7, 11) is 0. The van der Waals surface area contributed by atoms with Gasteiger partial charge in [-0.3, -0.25) is 4.57 Å². The number of anilines is 1. The monoisotopic (exact) mass is 402 g/mol. The van der Waals surface area contributed by atoms with Crippen molar-refractivity contribution in [3.63, 3.8) is 0 Å². The fraction of sp³-hybridized carbons (Fsp3) is 0.350. The molecule has 9 heteroatoms. The van der Waals surface area contributed by atoms with Gasteiger partial charge in [0.25, 0.3) is 0 Å². The first kappa shape index (κ1) is 19.4. The molecule has 0 aliphatic carbocycles. The molecule has 1 saturated heterocycles. The Balaban J connectivity index is 1.38. The minimum atomic E-state index is -4.37. The van der Waals surface area contributed by atoms with Crippen molar-refractivity contribution in [3.05, 3.63) is 66.4 Å². The Kier molecular flexibility index (Phi) is 5.48. The third-order valence-electron chi connectivity index (χ3n) is 4.99. The standard InChI is InChI=1S/C20H21F3N6/c21-20(22,23)15-6-7-18(27-12-15)28-10-1-4-16(14-28)26-13-17-5-2-11-29(17)19-24-8-3-9-25-19/h2-3,5-9,11-12,16,26H,1,4,10,13-14H2. The van der Waals surface area contributed by atoms with Crippen LogP contribution < -0.4 is 10.2 Å². The van der Waals surface area contributed by atoms with Gasteiger partial charge >= 0.3 is 6.18 Å². The molecule has 1 atom stereocenters. The first-order chi connectivity index (χ1) is 14.0. The number of piperidine rings is 1. The minimum Gasteiger partial charge on any atom is -0.355 e. The van der Waals surface area contributed by atoms with Gasteiger partial charge in [0.2, 0.25) is 5.95 Å². The highest BCUT2D eigenvalue weighted by molar-refractivity contribution is 5.40. The van der Waals surface area contributed by atoms with E-state index in [0.717, 1.165) is 37.3 Å². The second-order valence-electron chi connectivity index (χ2n) is 6.99. The fourth-order valence-electron chi connectivity index (χ4n) is 3.51. The molecule has 0 radical (unpaired) electrons. The lowest BCUT2D eigenvalue weighted by Gasteiger charge is -2.34. The van der Waals surface area contributed by atoms with Crippen LogP contribution in [0.15, 0.2) is 55.1 Å². The van der Waals surface area contributed by atoms with Crippen molar-refractivity contribution in [2.45, 2.75) is 31.6 Å². The van der Waals surface area contributed by atoms with Gasteiger partial charge in [0.05, 0.1) is 5.56 Å². The lowest BCUT2D eigenvalue weighted by molar-refractivity contribution is -0.137. The maximum Gasteiger partial charge on any atom is 0.417 e. The summed E-state index contributed by atoms with van der Waals surface area (Å²) >= 11 is 0. The number of nitrogens with zero attached hydrogens (tertiary/aromatic N) is 5. The first-order valence-electron chi connectivity index (χ1n) is 9.46. The Hall–Kier alpha value is -2.94. The highest BCUT2D eigenvalue weighted by atomic mass is 19.4. The number of hydrogen-bond acceptors (Lipinski definition) is 5. The fourth-order valence-corrected chi connectivity index (χ4v) is 3.51. The van der Waals surface area contributed by atoms with Crippen molar-refractivity contribution in [2.24, 2.45) is 0 Å². The van der Waals surface area contributed by atoms with E-state index < -0.39 is 11.7 Å². The van der Waals surface area contributed by atoms with Gasteiger partial charge in [0, 0.05) is 56.2 Å². The second-order valence-corrected chi connectivity index (χ2v) is 6.99. The van der Waals surface area contributed by atoms with Crippen LogP contribution >= 0.6 is 0 Å². The smallest absolute Gasteiger partial charge is 0.355 e.